The monoisotopic (exact) mass is 186 g/mol. The first-order chi connectivity index (χ1) is 6.31. The average Bonchev–Trinajstić information content (AvgIpc) is 2.16. The fourth-order valence-corrected chi connectivity index (χ4v) is 1.13. The fourth-order valence-electron chi connectivity index (χ4n) is 1.13. The molecule has 0 aliphatic heterocycles. The first-order valence-electron chi connectivity index (χ1n) is 5.40. The zero-order valence-corrected chi connectivity index (χ0v) is 8.97. The Hall–Kier alpha value is -0.370. The molecule has 2 heteroatoms. The lowest BCUT2D eigenvalue weighted by Crippen LogP contribution is -1.97. The van der Waals surface area contributed by atoms with Gasteiger partial charge < -0.3 is 4.74 Å². The van der Waals surface area contributed by atoms with Crippen molar-refractivity contribution in [2.45, 2.75) is 52.4 Å². The van der Waals surface area contributed by atoms with E-state index < -0.39 is 0 Å². The van der Waals surface area contributed by atoms with Crippen LogP contribution >= 0.6 is 0 Å². The molecule has 0 saturated heterocycles. The molecule has 0 spiro atoms. The van der Waals surface area contributed by atoms with Crippen molar-refractivity contribution < 1.29 is 9.53 Å². The molecule has 0 aromatic rings. The third kappa shape index (κ3) is 9.54. The van der Waals surface area contributed by atoms with Gasteiger partial charge in [-0.05, 0) is 19.3 Å². The summed E-state index contributed by atoms with van der Waals surface area (Å²) in [7, 11) is 0. The first-order valence-corrected chi connectivity index (χ1v) is 5.40. The standard InChI is InChI=1S/C11H22O2/c1-3-9-13-10-7-5-6-8-11(12)4-2/h3-10H2,1-2H3. The van der Waals surface area contributed by atoms with Crippen LogP contribution in [0.4, 0.5) is 0 Å². The zero-order valence-electron chi connectivity index (χ0n) is 8.97. The van der Waals surface area contributed by atoms with Crippen LogP contribution in [0.3, 0.4) is 0 Å². The molecule has 13 heavy (non-hydrogen) atoms. The molecule has 0 saturated carbocycles. The first kappa shape index (κ1) is 12.6. The summed E-state index contributed by atoms with van der Waals surface area (Å²) in [6.07, 6.45) is 5.78. The van der Waals surface area contributed by atoms with Gasteiger partial charge in [-0.25, -0.2) is 0 Å². The highest BCUT2D eigenvalue weighted by Crippen LogP contribution is 2.02. The molecule has 0 rings (SSSR count). The lowest BCUT2D eigenvalue weighted by Gasteiger charge is -2.01. The van der Waals surface area contributed by atoms with Crippen LogP contribution < -0.4 is 0 Å². The summed E-state index contributed by atoms with van der Waals surface area (Å²) in [4.78, 5) is 10.9. The van der Waals surface area contributed by atoms with Gasteiger partial charge in [-0.1, -0.05) is 20.3 Å². The number of Topliss-reactive ketones (excluding diaryl/α,β-unsaturated/α-hetero) is 1. The fraction of sp³-hybridized carbons (Fsp3) is 0.909. The molecule has 0 N–H and O–H groups in total. The molecule has 0 fully saturated rings. The van der Waals surface area contributed by atoms with Gasteiger partial charge in [0, 0.05) is 26.1 Å². The predicted molar refractivity (Wildman–Crippen MR) is 54.9 cm³/mol. The van der Waals surface area contributed by atoms with Crippen LogP contribution in [-0.4, -0.2) is 19.0 Å². The largest absolute Gasteiger partial charge is 0.381 e. The van der Waals surface area contributed by atoms with E-state index in [1.54, 1.807) is 0 Å². The number of ether oxygens (including phenoxy) is 1. The molecule has 0 amide bonds. The third-order valence-electron chi connectivity index (χ3n) is 1.99. The highest BCUT2D eigenvalue weighted by molar-refractivity contribution is 5.77. The second kappa shape index (κ2) is 9.72. The molecule has 0 heterocycles. The normalized spacial score (nSPS) is 10.3. The van der Waals surface area contributed by atoms with E-state index in [0.29, 0.717) is 12.2 Å². The van der Waals surface area contributed by atoms with Crippen LogP contribution in [-0.2, 0) is 9.53 Å². The molecular weight excluding hydrogens is 164 g/mol. The molecule has 0 aromatic heterocycles. The van der Waals surface area contributed by atoms with Gasteiger partial charge >= 0.3 is 0 Å². The predicted octanol–water partition coefficient (Wildman–Crippen LogP) is 2.95. The Labute approximate surface area is 81.7 Å². The number of carbonyl (C=O) groups excluding carboxylic acids is 1. The second-order valence-corrected chi connectivity index (χ2v) is 3.32. The molecule has 2 nitrogen and oxygen atoms in total. The van der Waals surface area contributed by atoms with Gasteiger partial charge in [-0.3, -0.25) is 4.79 Å². The van der Waals surface area contributed by atoms with Crippen molar-refractivity contribution in [1.29, 1.82) is 0 Å². The van der Waals surface area contributed by atoms with Crippen molar-refractivity contribution in [3.8, 4) is 0 Å². The van der Waals surface area contributed by atoms with Gasteiger partial charge in [0.05, 0.1) is 0 Å². The van der Waals surface area contributed by atoms with Gasteiger partial charge in [0.15, 0.2) is 0 Å². The summed E-state index contributed by atoms with van der Waals surface area (Å²) < 4.78 is 5.33. The van der Waals surface area contributed by atoms with E-state index in [1.807, 2.05) is 6.92 Å². The molecule has 0 aliphatic carbocycles. The van der Waals surface area contributed by atoms with Crippen LogP contribution in [0, 0.1) is 0 Å². The maximum absolute atomic E-state index is 10.9. The molecule has 0 unspecified atom stereocenters. The SMILES string of the molecule is CCCOCCCCCC(=O)CC. The summed E-state index contributed by atoms with van der Waals surface area (Å²) in [5.74, 6) is 0.384. The molecular formula is C11H22O2. The Morgan fingerprint density at radius 3 is 2.46 bits per heavy atom. The number of ketones is 1. The lowest BCUT2D eigenvalue weighted by atomic mass is 10.1. The van der Waals surface area contributed by atoms with E-state index in [0.717, 1.165) is 45.3 Å². The smallest absolute Gasteiger partial charge is 0.132 e. The van der Waals surface area contributed by atoms with E-state index in [2.05, 4.69) is 6.92 Å². The van der Waals surface area contributed by atoms with E-state index in [4.69, 9.17) is 4.74 Å². The molecule has 78 valence electrons. The number of carbonyl (C=O) groups is 1. The highest BCUT2D eigenvalue weighted by atomic mass is 16.5. The van der Waals surface area contributed by atoms with Crippen LogP contribution in [0.15, 0.2) is 0 Å². The van der Waals surface area contributed by atoms with E-state index >= 15 is 0 Å². The minimum absolute atomic E-state index is 0.384. The van der Waals surface area contributed by atoms with Crippen molar-refractivity contribution in [1.82, 2.24) is 0 Å². The molecule has 0 aromatic carbocycles. The molecule has 0 atom stereocenters. The van der Waals surface area contributed by atoms with E-state index in [9.17, 15) is 4.79 Å². The third-order valence-corrected chi connectivity index (χ3v) is 1.99. The Bertz CT molecular complexity index is 121. The molecule has 0 bridgehead atoms. The van der Waals surface area contributed by atoms with Gasteiger partial charge in [0.1, 0.15) is 5.78 Å². The summed E-state index contributed by atoms with van der Waals surface area (Å²) in [5, 5.41) is 0. The average molecular weight is 186 g/mol. The zero-order chi connectivity index (χ0) is 9.94. The topological polar surface area (TPSA) is 26.3 Å². The van der Waals surface area contributed by atoms with Crippen molar-refractivity contribution in [3.05, 3.63) is 0 Å². The van der Waals surface area contributed by atoms with Crippen molar-refractivity contribution in [2.24, 2.45) is 0 Å². The van der Waals surface area contributed by atoms with Crippen LogP contribution in [0.25, 0.3) is 0 Å². The summed E-state index contributed by atoms with van der Waals surface area (Å²) in [5.41, 5.74) is 0. The van der Waals surface area contributed by atoms with Crippen molar-refractivity contribution >= 4 is 5.78 Å². The van der Waals surface area contributed by atoms with Crippen molar-refractivity contribution in [2.75, 3.05) is 13.2 Å². The number of hydrogen-bond donors (Lipinski definition) is 0. The maximum Gasteiger partial charge on any atom is 0.132 e. The van der Waals surface area contributed by atoms with Crippen LogP contribution in [0.2, 0.25) is 0 Å². The molecule has 0 aliphatic rings. The lowest BCUT2D eigenvalue weighted by molar-refractivity contribution is -0.118. The Kier molecular flexibility index (Phi) is 9.44. The van der Waals surface area contributed by atoms with Crippen LogP contribution in [0.5, 0.6) is 0 Å². The Morgan fingerprint density at radius 1 is 1.08 bits per heavy atom. The van der Waals surface area contributed by atoms with Crippen LogP contribution in [0.1, 0.15) is 52.4 Å². The maximum atomic E-state index is 10.9. The highest BCUT2D eigenvalue weighted by Gasteiger charge is 1.97. The van der Waals surface area contributed by atoms with E-state index in [-0.39, 0.29) is 0 Å². The summed E-state index contributed by atoms with van der Waals surface area (Å²) >= 11 is 0. The van der Waals surface area contributed by atoms with E-state index in [1.165, 1.54) is 0 Å². The number of hydrogen-bond acceptors (Lipinski definition) is 2. The second-order valence-electron chi connectivity index (χ2n) is 3.32. The van der Waals surface area contributed by atoms with Gasteiger partial charge in [0.2, 0.25) is 0 Å². The summed E-state index contributed by atoms with van der Waals surface area (Å²) in [6, 6.07) is 0. The van der Waals surface area contributed by atoms with Gasteiger partial charge in [-0.2, -0.15) is 0 Å². The number of rotatable bonds is 9. The minimum Gasteiger partial charge on any atom is -0.381 e. The summed E-state index contributed by atoms with van der Waals surface area (Å²) in [6.45, 7) is 5.76. The van der Waals surface area contributed by atoms with Gasteiger partial charge in [0.25, 0.3) is 0 Å². The van der Waals surface area contributed by atoms with Gasteiger partial charge in [-0.15, -0.1) is 0 Å². The molecule has 0 radical (unpaired) electrons. The Balaban J connectivity index is 2.95. The minimum atomic E-state index is 0.384. The number of unbranched alkanes of at least 4 members (excludes halogenated alkanes) is 2. The Morgan fingerprint density at radius 2 is 1.85 bits per heavy atom. The quantitative estimate of drug-likeness (QED) is 0.517. The van der Waals surface area contributed by atoms with Crippen molar-refractivity contribution in [3.63, 3.8) is 0 Å².